The van der Waals surface area contributed by atoms with Gasteiger partial charge in [0.1, 0.15) is 0 Å². The summed E-state index contributed by atoms with van der Waals surface area (Å²) in [6.07, 6.45) is 1.18. The zero-order valence-corrected chi connectivity index (χ0v) is 11.3. The minimum atomic E-state index is 0.625. The molecule has 2 rings (SSSR count). The highest BCUT2D eigenvalue weighted by Crippen LogP contribution is 2.31. The van der Waals surface area contributed by atoms with Crippen LogP contribution in [-0.2, 0) is 0 Å². The third-order valence-electron chi connectivity index (χ3n) is 2.87. The van der Waals surface area contributed by atoms with Crippen molar-refractivity contribution in [1.82, 2.24) is 0 Å². The van der Waals surface area contributed by atoms with Crippen LogP contribution in [-0.4, -0.2) is 19.6 Å². The number of halogens is 2. The van der Waals surface area contributed by atoms with Gasteiger partial charge in [-0.05, 0) is 59.7 Å². The van der Waals surface area contributed by atoms with Crippen molar-refractivity contribution >= 4 is 39.9 Å². The number of nitrogens with two attached hydrogens (primary N) is 1. The zero-order chi connectivity index (χ0) is 10.8. The van der Waals surface area contributed by atoms with Crippen LogP contribution >= 0.6 is 34.2 Å². The lowest BCUT2D eigenvalue weighted by Crippen LogP contribution is -2.22. The number of hydrogen-bond donors (Lipinski definition) is 1. The van der Waals surface area contributed by atoms with Crippen molar-refractivity contribution in [3.63, 3.8) is 0 Å². The van der Waals surface area contributed by atoms with Crippen molar-refractivity contribution in [2.45, 2.75) is 6.42 Å². The molecule has 0 spiro atoms. The maximum Gasteiger partial charge on any atom is 0.0650 e. The molecule has 82 valence electrons. The topological polar surface area (TPSA) is 29.3 Å². The van der Waals surface area contributed by atoms with Crippen molar-refractivity contribution in [2.24, 2.45) is 11.7 Å². The molecule has 1 unspecified atom stereocenters. The molecule has 1 fully saturated rings. The second-order valence-corrected chi connectivity index (χ2v) is 5.58. The van der Waals surface area contributed by atoms with Gasteiger partial charge in [-0.15, -0.1) is 0 Å². The molecule has 2 N–H and O–H groups in total. The Balaban J connectivity index is 2.17. The van der Waals surface area contributed by atoms with Crippen molar-refractivity contribution < 1.29 is 0 Å². The van der Waals surface area contributed by atoms with Crippen molar-refractivity contribution in [1.29, 1.82) is 0 Å². The average molecular weight is 337 g/mol. The number of nitrogens with zero attached hydrogens (tertiary/aromatic N) is 1. The number of benzene rings is 1. The number of anilines is 1. The predicted molar refractivity (Wildman–Crippen MR) is 73.5 cm³/mol. The monoisotopic (exact) mass is 336 g/mol. The Labute approximate surface area is 109 Å². The van der Waals surface area contributed by atoms with Gasteiger partial charge < -0.3 is 10.6 Å². The lowest BCUT2D eigenvalue weighted by Gasteiger charge is -2.20. The summed E-state index contributed by atoms with van der Waals surface area (Å²) >= 11 is 8.50. The summed E-state index contributed by atoms with van der Waals surface area (Å²) in [5, 5.41) is 0.847. The third-order valence-corrected chi connectivity index (χ3v) is 3.84. The van der Waals surface area contributed by atoms with Crippen molar-refractivity contribution in [2.75, 3.05) is 24.5 Å². The standard InChI is InChI=1S/C11H14ClIN2/c12-10-5-9(13)1-2-11(10)15-4-3-8(6-14)7-15/h1-2,5,8H,3-4,6-7,14H2. The van der Waals surface area contributed by atoms with E-state index >= 15 is 0 Å². The molecule has 0 amide bonds. The zero-order valence-electron chi connectivity index (χ0n) is 8.42. The smallest absolute Gasteiger partial charge is 0.0650 e. The molecule has 0 saturated carbocycles. The molecule has 0 radical (unpaired) electrons. The van der Waals surface area contributed by atoms with Gasteiger partial charge in [0.05, 0.1) is 10.7 Å². The largest absolute Gasteiger partial charge is 0.370 e. The molecule has 0 aliphatic carbocycles. The van der Waals surface area contributed by atoms with Crippen LogP contribution in [0.5, 0.6) is 0 Å². The first-order valence-corrected chi connectivity index (χ1v) is 6.56. The summed E-state index contributed by atoms with van der Waals surface area (Å²) in [4.78, 5) is 2.33. The van der Waals surface area contributed by atoms with E-state index in [1.807, 2.05) is 6.07 Å². The summed E-state index contributed by atoms with van der Waals surface area (Å²) < 4.78 is 1.18. The van der Waals surface area contributed by atoms with E-state index < -0.39 is 0 Å². The maximum atomic E-state index is 6.22. The summed E-state index contributed by atoms with van der Waals surface area (Å²) in [6.45, 7) is 2.89. The van der Waals surface area contributed by atoms with Crippen LogP contribution in [0.25, 0.3) is 0 Å². The molecule has 1 atom stereocenters. The van der Waals surface area contributed by atoms with Crippen LogP contribution in [0.2, 0.25) is 5.02 Å². The van der Waals surface area contributed by atoms with Crippen LogP contribution in [0.3, 0.4) is 0 Å². The van der Waals surface area contributed by atoms with Gasteiger partial charge in [0.25, 0.3) is 0 Å². The Morgan fingerprint density at radius 3 is 2.93 bits per heavy atom. The quantitative estimate of drug-likeness (QED) is 0.842. The number of hydrogen-bond acceptors (Lipinski definition) is 2. The van der Waals surface area contributed by atoms with Gasteiger partial charge in [-0.1, -0.05) is 11.6 Å². The minimum Gasteiger partial charge on any atom is -0.370 e. The van der Waals surface area contributed by atoms with Crippen LogP contribution in [0.15, 0.2) is 18.2 Å². The van der Waals surface area contributed by atoms with Gasteiger partial charge >= 0.3 is 0 Å². The van der Waals surface area contributed by atoms with E-state index in [9.17, 15) is 0 Å². The summed E-state index contributed by atoms with van der Waals surface area (Å²) in [5.74, 6) is 0.625. The van der Waals surface area contributed by atoms with Gasteiger partial charge in [-0.2, -0.15) is 0 Å². The third kappa shape index (κ3) is 2.57. The second-order valence-electron chi connectivity index (χ2n) is 3.93. The fourth-order valence-corrected chi connectivity index (χ4v) is 2.96. The molecule has 1 aliphatic rings. The molecule has 1 aromatic carbocycles. The van der Waals surface area contributed by atoms with Crippen molar-refractivity contribution in [3.05, 3.63) is 26.8 Å². The first kappa shape index (κ1) is 11.5. The Hall–Kier alpha value is -0.0000000000000000555. The summed E-state index contributed by atoms with van der Waals surface area (Å²) in [7, 11) is 0. The second kappa shape index (κ2) is 4.89. The maximum absolute atomic E-state index is 6.22. The molecule has 4 heteroatoms. The molecule has 1 aliphatic heterocycles. The Morgan fingerprint density at radius 2 is 2.33 bits per heavy atom. The molecule has 0 aromatic heterocycles. The number of rotatable bonds is 2. The normalized spacial score (nSPS) is 21.0. The highest BCUT2D eigenvalue weighted by atomic mass is 127. The summed E-state index contributed by atoms with van der Waals surface area (Å²) in [5.41, 5.74) is 6.82. The summed E-state index contributed by atoms with van der Waals surface area (Å²) in [6, 6.07) is 6.20. The molecule has 1 aromatic rings. The highest BCUT2D eigenvalue weighted by Gasteiger charge is 2.22. The molecule has 1 heterocycles. The first-order valence-electron chi connectivity index (χ1n) is 5.11. The average Bonchev–Trinajstić information content (AvgIpc) is 2.66. The van der Waals surface area contributed by atoms with Gasteiger partial charge in [-0.3, -0.25) is 0 Å². The fraction of sp³-hybridized carbons (Fsp3) is 0.455. The lowest BCUT2D eigenvalue weighted by atomic mass is 10.1. The van der Waals surface area contributed by atoms with Crippen LogP contribution in [0.4, 0.5) is 5.69 Å². The van der Waals surface area contributed by atoms with E-state index in [0.717, 1.165) is 30.3 Å². The molecule has 15 heavy (non-hydrogen) atoms. The van der Waals surface area contributed by atoms with E-state index in [4.69, 9.17) is 17.3 Å². The van der Waals surface area contributed by atoms with E-state index in [-0.39, 0.29) is 0 Å². The van der Waals surface area contributed by atoms with E-state index in [2.05, 4.69) is 39.6 Å². The molecule has 2 nitrogen and oxygen atoms in total. The first-order chi connectivity index (χ1) is 7.20. The highest BCUT2D eigenvalue weighted by molar-refractivity contribution is 14.1. The molecule has 0 bridgehead atoms. The predicted octanol–water partition coefficient (Wildman–Crippen LogP) is 2.73. The molecule has 1 saturated heterocycles. The molecular weight excluding hydrogens is 322 g/mol. The SMILES string of the molecule is NCC1CCN(c2ccc(I)cc2Cl)C1. The minimum absolute atomic E-state index is 0.625. The Kier molecular flexibility index (Phi) is 3.74. The Morgan fingerprint density at radius 1 is 1.53 bits per heavy atom. The fourth-order valence-electron chi connectivity index (χ4n) is 1.98. The molecular formula is C11H14ClIN2. The van der Waals surface area contributed by atoms with Gasteiger partial charge in [0, 0.05) is 16.7 Å². The van der Waals surface area contributed by atoms with Gasteiger partial charge in [0.15, 0.2) is 0 Å². The van der Waals surface area contributed by atoms with Crippen LogP contribution in [0, 0.1) is 9.49 Å². The Bertz CT molecular complexity index is 356. The van der Waals surface area contributed by atoms with Gasteiger partial charge in [0.2, 0.25) is 0 Å². The van der Waals surface area contributed by atoms with Crippen LogP contribution in [0.1, 0.15) is 6.42 Å². The lowest BCUT2D eigenvalue weighted by molar-refractivity contribution is 0.602. The van der Waals surface area contributed by atoms with Crippen molar-refractivity contribution in [3.8, 4) is 0 Å². The van der Waals surface area contributed by atoms with E-state index in [1.54, 1.807) is 0 Å². The van der Waals surface area contributed by atoms with Gasteiger partial charge in [-0.25, -0.2) is 0 Å². The van der Waals surface area contributed by atoms with E-state index in [0.29, 0.717) is 5.92 Å². The van der Waals surface area contributed by atoms with E-state index in [1.165, 1.54) is 9.99 Å². The van der Waals surface area contributed by atoms with Crippen LogP contribution < -0.4 is 10.6 Å².